The highest BCUT2D eigenvalue weighted by Crippen LogP contribution is 2.17. The van der Waals surface area contributed by atoms with E-state index < -0.39 is 47.9 Å². The molecule has 12 N–H and O–H groups in total. The van der Waals surface area contributed by atoms with Gasteiger partial charge in [-0.1, -0.05) is 56.2 Å². The number of amides is 3. The lowest BCUT2D eigenvalue weighted by Crippen LogP contribution is -2.57. The normalized spacial score (nSPS) is 13.4. The lowest BCUT2D eigenvalue weighted by atomic mass is 10.00. The molecule has 14 nitrogen and oxygen atoms in total. The smallest absolute Gasteiger partial charge is 0.326 e. The van der Waals surface area contributed by atoms with Crippen LogP contribution in [0, 0.1) is 6.92 Å². The van der Waals surface area contributed by atoms with Gasteiger partial charge in [-0.25, -0.2) is 4.79 Å². The molecule has 49 heavy (non-hydrogen) atoms. The minimum atomic E-state index is -1.33. The molecule has 2 aromatic rings. The predicted molar refractivity (Wildman–Crippen MR) is 190 cm³/mol. The Morgan fingerprint density at radius 3 is 2.10 bits per heavy atom. The van der Waals surface area contributed by atoms with Crippen LogP contribution in [0.3, 0.4) is 0 Å². The summed E-state index contributed by atoms with van der Waals surface area (Å²) >= 11 is 0. The molecule has 0 radical (unpaired) electrons. The number of guanidine groups is 1. The van der Waals surface area contributed by atoms with Crippen molar-refractivity contribution in [2.24, 2.45) is 22.2 Å². The molecule has 0 saturated carbocycles. The van der Waals surface area contributed by atoms with Gasteiger partial charge in [0.05, 0.1) is 6.04 Å². The van der Waals surface area contributed by atoms with Crippen molar-refractivity contribution in [3.8, 4) is 5.75 Å². The van der Waals surface area contributed by atoms with E-state index in [1.165, 1.54) is 12.1 Å². The van der Waals surface area contributed by atoms with Crippen LogP contribution in [0.25, 0.3) is 0 Å². The molecule has 0 fully saturated rings. The van der Waals surface area contributed by atoms with Gasteiger partial charge >= 0.3 is 5.97 Å². The molecule has 270 valence electrons. The zero-order valence-corrected chi connectivity index (χ0v) is 28.6. The molecule has 0 saturated heterocycles. The van der Waals surface area contributed by atoms with Gasteiger partial charge in [-0.3, -0.25) is 19.4 Å². The molecule has 4 unspecified atom stereocenters. The van der Waals surface area contributed by atoms with Gasteiger partial charge in [-0.15, -0.1) is 0 Å². The molecule has 0 bridgehead atoms. The van der Waals surface area contributed by atoms with Crippen LogP contribution in [-0.4, -0.2) is 83.7 Å². The molecule has 0 spiro atoms. The van der Waals surface area contributed by atoms with E-state index in [0.717, 1.165) is 44.3 Å². The van der Waals surface area contributed by atoms with Gasteiger partial charge in [0.2, 0.25) is 17.7 Å². The molecular formula is C35H54N8O6. The van der Waals surface area contributed by atoms with Gasteiger partial charge < -0.3 is 48.7 Å². The van der Waals surface area contributed by atoms with Crippen LogP contribution in [0.1, 0.15) is 68.6 Å². The third-order valence-electron chi connectivity index (χ3n) is 8.02. The van der Waals surface area contributed by atoms with E-state index in [1.807, 2.05) is 30.3 Å². The monoisotopic (exact) mass is 682 g/mol. The predicted octanol–water partition coefficient (Wildman–Crippen LogP) is 0.966. The summed E-state index contributed by atoms with van der Waals surface area (Å²) in [6.45, 7) is 5.80. The lowest BCUT2D eigenvalue weighted by Gasteiger charge is -2.25. The Morgan fingerprint density at radius 1 is 0.796 bits per heavy atom. The second-order valence-electron chi connectivity index (χ2n) is 12.2. The lowest BCUT2D eigenvalue weighted by molar-refractivity contribution is -0.142. The number of phenolic OH excluding ortho intramolecular Hbond substituents is 1. The maximum absolute atomic E-state index is 13.8. The molecule has 0 aliphatic carbocycles. The minimum Gasteiger partial charge on any atom is -0.508 e. The number of phenols is 1. The number of aliphatic carboxylic acids is 1. The number of aryl methyl sites for hydroxylation is 1. The fourth-order valence-electron chi connectivity index (χ4n) is 5.16. The number of nitrogens with two attached hydrogens (primary N) is 3. The van der Waals surface area contributed by atoms with Crippen molar-refractivity contribution in [2.75, 3.05) is 19.6 Å². The van der Waals surface area contributed by atoms with Crippen molar-refractivity contribution in [1.29, 1.82) is 0 Å². The van der Waals surface area contributed by atoms with E-state index in [0.29, 0.717) is 24.0 Å². The summed E-state index contributed by atoms with van der Waals surface area (Å²) in [4.78, 5) is 56.6. The maximum atomic E-state index is 13.8. The van der Waals surface area contributed by atoms with Crippen molar-refractivity contribution in [2.45, 2.75) is 95.8 Å². The Balaban J connectivity index is 2.20. The van der Waals surface area contributed by atoms with E-state index in [1.54, 1.807) is 13.0 Å². The standard InChI is InChI=1S/C35H54N8O6/c1-3-4-17-39-18-9-8-13-27(36)31(45)42-29(21-24-11-6-5-7-12-24)33(47)41-28(14-10-19-40-35(37)38)32(46)43-30(34(48)49)22-25-15-16-26(44)20-23(25)2/h5-7,11-12,15-16,20,27-30,39,44H,3-4,8-10,13-14,17-19,21-22,36H2,1-2H3,(H,41,47)(H,42,45)(H,43,46)(H,48,49)(H4,37,38,40). The molecule has 0 aliphatic heterocycles. The fourth-order valence-corrected chi connectivity index (χ4v) is 5.16. The number of nitrogens with zero attached hydrogens (tertiary/aromatic N) is 1. The molecule has 3 amide bonds. The van der Waals surface area contributed by atoms with Crippen molar-refractivity contribution in [1.82, 2.24) is 21.3 Å². The highest BCUT2D eigenvalue weighted by Gasteiger charge is 2.30. The number of unbranched alkanes of at least 4 members (excludes halogenated alkanes) is 2. The molecular weight excluding hydrogens is 628 g/mol. The Bertz CT molecular complexity index is 1370. The zero-order valence-electron chi connectivity index (χ0n) is 28.6. The average molecular weight is 683 g/mol. The molecule has 2 rings (SSSR count). The third-order valence-corrected chi connectivity index (χ3v) is 8.02. The van der Waals surface area contributed by atoms with Crippen LogP contribution in [-0.2, 0) is 32.0 Å². The first-order valence-corrected chi connectivity index (χ1v) is 16.9. The first kappa shape index (κ1) is 40.5. The molecule has 0 aliphatic rings. The summed E-state index contributed by atoms with van der Waals surface area (Å²) in [5.41, 5.74) is 19.1. The first-order chi connectivity index (χ1) is 23.4. The summed E-state index contributed by atoms with van der Waals surface area (Å²) in [7, 11) is 0. The Labute approximate surface area is 288 Å². The Kier molecular flexibility index (Phi) is 18.2. The SMILES string of the molecule is CCCCNCCCCC(N)C(=O)NC(Cc1ccccc1)C(=O)NC(CCCN=C(N)N)C(=O)NC(Cc1ccc(O)cc1C)C(=O)O. The number of hydrogen-bond donors (Lipinski definition) is 9. The summed E-state index contributed by atoms with van der Waals surface area (Å²) in [6, 6.07) is 9.23. The second kappa shape index (κ2) is 22.0. The van der Waals surface area contributed by atoms with Gasteiger partial charge in [-0.05, 0) is 80.9 Å². The molecule has 0 aromatic heterocycles. The fraction of sp³-hybridized carbons (Fsp3) is 0.514. The van der Waals surface area contributed by atoms with Crippen LogP contribution in [0.5, 0.6) is 5.75 Å². The van der Waals surface area contributed by atoms with Crippen LogP contribution < -0.4 is 38.5 Å². The Morgan fingerprint density at radius 2 is 1.45 bits per heavy atom. The van der Waals surface area contributed by atoms with Crippen molar-refractivity contribution >= 4 is 29.7 Å². The number of aliphatic imine (C=N–C) groups is 1. The second-order valence-corrected chi connectivity index (χ2v) is 12.2. The van der Waals surface area contributed by atoms with Gasteiger partial charge in [0.15, 0.2) is 5.96 Å². The van der Waals surface area contributed by atoms with Crippen molar-refractivity contribution < 1.29 is 29.4 Å². The number of hydrogen-bond acceptors (Lipinski definition) is 8. The number of carbonyl (C=O) groups is 4. The van der Waals surface area contributed by atoms with Crippen LogP contribution in [0.15, 0.2) is 53.5 Å². The van der Waals surface area contributed by atoms with Gasteiger partial charge in [0.1, 0.15) is 23.9 Å². The number of benzene rings is 2. The maximum Gasteiger partial charge on any atom is 0.326 e. The average Bonchev–Trinajstić information content (AvgIpc) is 3.06. The first-order valence-electron chi connectivity index (χ1n) is 16.9. The van der Waals surface area contributed by atoms with E-state index in [2.05, 4.69) is 33.2 Å². The van der Waals surface area contributed by atoms with Crippen molar-refractivity contribution in [3.63, 3.8) is 0 Å². The molecule has 0 heterocycles. The molecule has 14 heteroatoms. The minimum absolute atomic E-state index is 0.0360. The summed E-state index contributed by atoms with van der Waals surface area (Å²) in [6.07, 6.45) is 4.69. The van der Waals surface area contributed by atoms with Gasteiger partial charge in [0.25, 0.3) is 0 Å². The summed E-state index contributed by atoms with van der Waals surface area (Å²) in [5, 5.41) is 31.1. The quantitative estimate of drug-likeness (QED) is 0.0456. The molecule has 4 atom stereocenters. The van der Waals surface area contributed by atoms with Crippen LogP contribution in [0.2, 0.25) is 0 Å². The van der Waals surface area contributed by atoms with Crippen LogP contribution >= 0.6 is 0 Å². The topological polar surface area (TPSA) is 247 Å². The summed E-state index contributed by atoms with van der Waals surface area (Å²) in [5.74, 6) is -3.21. The zero-order chi connectivity index (χ0) is 36.2. The largest absolute Gasteiger partial charge is 0.508 e. The Hall–Kier alpha value is -4.69. The van der Waals surface area contributed by atoms with Gasteiger partial charge in [0, 0.05) is 19.4 Å². The van der Waals surface area contributed by atoms with Crippen LogP contribution in [0.4, 0.5) is 0 Å². The van der Waals surface area contributed by atoms with Crippen molar-refractivity contribution in [3.05, 3.63) is 65.2 Å². The van der Waals surface area contributed by atoms with E-state index in [4.69, 9.17) is 17.2 Å². The third kappa shape index (κ3) is 15.8. The number of rotatable bonds is 23. The van der Waals surface area contributed by atoms with E-state index in [-0.39, 0.29) is 37.5 Å². The highest BCUT2D eigenvalue weighted by molar-refractivity contribution is 5.94. The number of carboxylic acid groups (broad SMARTS) is 1. The van der Waals surface area contributed by atoms with E-state index in [9.17, 15) is 29.4 Å². The highest BCUT2D eigenvalue weighted by atomic mass is 16.4. The number of aromatic hydroxyl groups is 1. The molecule has 2 aromatic carbocycles. The summed E-state index contributed by atoms with van der Waals surface area (Å²) < 4.78 is 0. The number of carboxylic acids is 1. The van der Waals surface area contributed by atoms with E-state index >= 15 is 0 Å². The number of nitrogens with one attached hydrogen (secondary N) is 4. The number of carbonyl (C=O) groups excluding carboxylic acids is 3. The van der Waals surface area contributed by atoms with Gasteiger partial charge in [-0.2, -0.15) is 0 Å².